The molecule has 3 aromatic heterocycles. The maximum absolute atomic E-state index is 6.80. The van der Waals surface area contributed by atoms with Crippen LogP contribution < -0.4 is 5.32 Å². The van der Waals surface area contributed by atoms with Crippen molar-refractivity contribution < 1.29 is 8.83 Å². The number of furan rings is 2. The topological polar surface area (TPSA) is 68.0 Å². The summed E-state index contributed by atoms with van der Waals surface area (Å²) in [7, 11) is 0. The molecule has 57 heavy (non-hydrogen) atoms. The normalized spacial score (nSPS) is 14.5. The number of amidine groups is 2. The third-order valence-electron chi connectivity index (χ3n) is 11.3. The van der Waals surface area contributed by atoms with Crippen LogP contribution in [0.2, 0.25) is 0 Å². The minimum absolute atomic E-state index is 0.300. The molecular formula is C51H32N4O2. The van der Waals surface area contributed by atoms with E-state index in [4.69, 9.17) is 18.8 Å². The minimum Gasteiger partial charge on any atom is -0.455 e. The van der Waals surface area contributed by atoms with Crippen LogP contribution in [0, 0.1) is 0 Å². The molecule has 1 aliphatic rings. The number of nitrogens with one attached hydrogen (secondary N) is 1. The van der Waals surface area contributed by atoms with Crippen molar-refractivity contribution in [3.05, 3.63) is 199 Å². The van der Waals surface area contributed by atoms with Gasteiger partial charge in [-0.1, -0.05) is 133 Å². The highest BCUT2D eigenvalue weighted by Gasteiger charge is 2.24. The van der Waals surface area contributed by atoms with Crippen LogP contribution >= 0.6 is 0 Å². The van der Waals surface area contributed by atoms with E-state index in [1.165, 1.54) is 10.8 Å². The maximum atomic E-state index is 6.80. The Hall–Kier alpha value is -7.70. The standard InChI is InChI=1S/C51H32N4O2/c1-3-13-31(14-4-1)49-52-50(32-15-5-2-6-16-32)54-51(53-49)40-21-11-19-39-41-29-33(26-28-45(41)56-47(39)40)34-25-27-37-38-20-12-24-44(48(38)57-46(37)30-34)55-42-22-9-7-17-35(42)36-18-8-10-23-43(36)55/h1-30,49H,(H,52,53,54). The molecule has 6 heteroatoms. The lowest BCUT2D eigenvalue weighted by molar-refractivity contribution is 0.663. The Labute approximate surface area is 326 Å². The second kappa shape index (κ2) is 12.4. The molecule has 268 valence electrons. The summed E-state index contributed by atoms with van der Waals surface area (Å²) in [6.07, 6.45) is -0.300. The van der Waals surface area contributed by atoms with Gasteiger partial charge in [-0.3, -0.25) is 0 Å². The van der Waals surface area contributed by atoms with Crippen molar-refractivity contribution in [1.82, 2.24) is 9.88 Å². The Morgan fingerprint density at radius 2 is 1.09 bits per heavy atom. The van der Waals surface area contributed by atoms with Crippen molar-refractivity contribution >= 4 is 77.4 Å². The lowest BCUT2D eigenvalue weighted by atomic mass is 10.0. The van der Waals surface area contributed by atoms with Gasteiger partial charge < -0.3 is 18.7 Å². The molecule has 0 saturated carbocycles. The first-order valence-electron chi connectivity index (χ1n) is 19.2. The van der Waals surface area contributed by atoms with Gasteiger partial charge in [-0.05, 0) is 65.2 Å². The first-order valence-corrected chi connectivity index (χ1v) is 19.2. The summed E-state index contributed by atoms with van der Waals surface area (Å²) in [4.78, 5) is 10.2. The van der Waals surface area contributed by atoms with Gasteiger partial charge in [0.25, 0.3) is 0 Å². The number of rotatable bonds is 5. The van der Waals surface area contributed by atoms with E-state index >= 15 is 0 Å². The Bertz CT molecular complexity index is 3390. The number of hydrogen-bond acceptors (Lipinski definition) is 5. The van der Waals surface area contributed by atoms with Crippen LogP contribution in [0.15, 0.2) is 201 Å². The van der Waals surface area contributed by atoms with Crippen molar-refractivity contribution in [2.24, 2.45) is 9.98 Å². The quantitative estimate of drug-likeness (QED) is 0.192. The second-order valence-corrected chi connectivity index (χ2v) is 14.6. The van der Waals surface area contributed by atoms with Gasteiger partial charge in [-0.25, -0.2) is 9.98 Å². The van der Waals surface area contributed by atoms with Gasteiger partial charge >= 0.3 is 0 Å². The maximum Gasteiger partial charge on any atom is 0.163 e. The van der Waals surface area contributed by atoms with Crippen molar-refractivity contribution in [3.63, 3.8) is 0 Å². The summed E-state index contributed by atoms with van der Waals surface area (Å²) in [5.41, 5.74) is 11.7. The van der Waals surface area contributed by atoms with Crippen LogP contribution in [-0.2, 0) is 0 Å². The molecular weight excluding hydrogens is 701 g/mol. The Balaban J connectivity index is 0.970. The van der Waals surface area contributed by atoms with E-state index in [0.717, 1.165) is 94.3 Å². The molecule has 0 saturated heterocycles. The summed E-state index contributed by atoms with van der Waals surface area (Å²) < 4.78 is 15.8. The molecule has 1 unspecified atom stereocenters. The largest absolute Gasteiger partial charge is 0.455 e. The van der Waals surface area contributed by atoms with E-state index in [0.29, 0.717) is 5.84 Å². The predicted molar refractivity (Wildman–Crippen MR) is 233 cm³/mol. The van der Waals surface area contributed by atoms with E-state index in [1.54, 1.807) is 0 Å². The molecule has 0 aliphatic carbocycles. The van der Waals surface area contributed by atoms with E-state index < -0.39 is 0 Å². The van der Waals surface area contributed by atoms with E-state index in [9.17, 15) is 0 Å². The molecule has 1 atom stereocenters. The first-order chi connectivity index (χ1) is 28.2. The molecule has 1 aliphatic heterocycles. The highest BCUT2D eigenvalue weighted by molar-refractivity contribution is 6.20. The molecule has 0 amide bonds. The monoisotopic (exact) mass is 732 g/mol. The van der Waals surface area contributed by atoms with Gasteiger partial charge in [0.2, 0.25) is 0 Å². The van der Waals surface area contributed by atoms with E-state index in [1.807, 2.05) is 42.5 Å². The Morgan fingerprint density at radius 3 is 1.88 bits per heavy atom. The summed E-state index contributed by atoms with van der Waals surface area (Å²) >= 11 is 0. The van der Waals surface area contributed by atoms with Gasteiger partial charge in [0, 0.05) is 37.9 Å². The van der Waals surface area contributed by atoms with Crippen molar-refractivity contribution in [2.75, 3.05) is 0 Å². The van der Waals surface area contributed by atoms with Gasteiger partial charge in [0.15, 0.2) is 11.4 Å². The molecule has 1 N–H and O–H groups in total. The fourth-order valence-corrected chi connectivity index (χ4v) is 8.59. The molecule has 8 aromatic carbocycles. The third kappa shape index (κ3) is 4.97. The predicted octanol–water partition coefficient (Wildman–Crippen LogP) is 12.7. The molecule has 4 heterocycles. The Morgan fingerprint density at radius 1 is 0.456 bits per heavy atom. The molecule has 12 rings (SSSR count). The van der Waals surface area contributed by atoms with Crippen molar-refractivity contribution in [2.45, 2.75) is 6.17 Å². The first kappa shape index (κ1) is 31.6. The van der Waals surface area contributed by atoms with Gasteiger partial charge in [0.05, 0.1) is 22.3 Å². The molecule has 0 spiro atoms. The second-order valence-electron chi connectivity index (χ2n) is 14.6. The summed E-state index contributed by atoms with van der Waals surface area (Å²) in [6.45, 7) is 0. The number of hydrogen-bond donors (Lipinski definition) is 1. The SMILES string of the molecule is c1ccc(C2=NC(c3cccc4c3oc3ccc(-c5ccc6c(c5)oc5c(-n7c8ccccc8c8ccccc87)cccc56)cc34)=NC(c3ccccc3)N2)cc1. The molecule has 0 fully saturated rings. The van der Waals surface area contributed by atoms with Gasteiger partial charge in [-0.15, -0.1) is 0 Å². The summed E-state index contributed by atoms with van der Waals surface area (Å²) in [5, 5.41) is 10.2. The Kier molecular flexibility index (Phi) is 6.89. The number of benzene rings is 8. The van der Waals surface area contributed by atoms with E-state index in [2.05, 4.69) is 149 Å². The van der Waals surface area contributed by atoms with E-state index in [-0.39, 0.29) is 6.17 Å². The van der Waals surface area contributed by atoms with Crippen LogP contribution in [0.3, 0.4) is 0 Å². The van der Waals surface area contributed by atoms with Crippen LogP contribution in [0.1, 0.15) is 22.9 Å². The molecule has 0 bridgehead atoms. The fourth-order valence-electron chi connectivity index (χ4n) is 8.59. The van der Waals surface area contributed by atoms with Crippen molar-refractivity contribution in [1.29, 1.82) is 0 Å². The highest BCUT2D eigenvalue weighted by atomic mass is 16.3. The molecule has 6 nitrogen and oxygen atoms in total. The summed E-state index contributed by atoms with van der Waals surface area (Å²) in [6, 6.07) is 63.2. The van der Waals surface area contributed by atoms with Crippen LogP contribution in [0.5, 0.6) is 0 Å². The molecule has 0 radical (unpaired) electrons. The lowest BCUT2D eigenvalue weighted by Gasteiger charge is -2.23. The smallest absolute Gasteiger partial charge is 0.163 e. The zero-order valence-corrected chi connectivity index (χ0v) is 30.6. The van der Waals surface area contributed by atoms with Gasteiger partial charge in [0.1, 0.15) is 28.8 Å². The van der Waals surface area contributed by atoms with Crippen LogP contribution in [0.4, 0.5) is 0 Å². The van der Waals surface area contributed by atoms with Crippen LogP contribution in [0.25, 0.3) is 82.5 Å². The fraction of sp³-hybridized carbons (Fsp3) is 0.0196. The van der Waals surface area contributed by atoms with Gasteiger partial charge in [-0.2, -0.15) is 0 Å². The number of nitrogens with zero attached hydrogens (tertiary/aromatic N) is 3. The zero-order chi connectivity index (χ0) is 37.5. The lowest BCUT2D eigenvalue weighted by Crippen LogP contribution is -2.33. The third-order valence-corrected chi connectivity index (χ3v) is 11.3. The minimum atomic E-state index is -0.300. The average molecular weight is 733 g/mol. The summed E-state index contributed by atoms with van der Waals surface area (Å²) in [5.74, 6) is 1.40. The number of aromatic nitrogens is 1. The zero-order valence-electron chi connectivity index (χ0n) is 30.6. The average Bonchev–Trinajstić information content (AvgIpc) is 3.96. The highest BCUT2D eigenvalue weighted by Crippen LogP contribution is 2.40. The number of aliphatic imine (C=N–C) groups is 2. The van der Waals surface area contributed by atoms with Crippen LogP contribution in [-0.4, -0.2) is 16.2 Å². The molecule has 11 aromatic rings. The number of para-hydroxylation sites is 4. The van der Waals surface area contributed by atoms with Crippen molar-refractivity contribution in [3.8, 4) is 16.8 Å². The number of fused-ring (bicyclic) bond motifs is 9.